The van der Waals surface area contributed by atoms with Gasteiger partial charge >= 0.3 is 0 Å². The predicted molar refractivity (Wildman–Crippen MR) is 94.0 cm³/mol. The fourth-order valence-corrected chi connectivity index (χ4v) is 3.46. The molecule has 0 amide bonds. The molecular weight excluding hydrogens is 302 g/mol. The smallest absolute Gasteiger partial charge is 0.270 e. The number of nitriles is 1. The van der Waals surface area contributed by atoms with Crippen molar-refractivity contribution < 1.29 is 4.79 Å². The van der Waals surface area contributed by atoms with Gasteiger partial charge in [0, 0.05) is 31.4 Å². The number of piperidine rings is 1. The molecule has 1 aromatic heterocycles. The summed E-state index contributed by atoms with van der Waals surface area (Å²) >= 11 is 0. The van der Waals surface area contributed by atoms with Gasteiger partial charge in [-0.2, -0.15) is 5.26 Å². The minimum atomic E-state index is -0.282. The van der Waals surface area contributed by atoms with Crippen LogP contribution in [0.4, 0.5) is 5.69 Å². The molecule has 0 radical (unpaired) electrons. The summed E-state index contributed by atoms with van der Waals surface area (Å²) in [6.45, 7) is 4.85. The highest BCUT2D eigenvalue weighted by atomic mass is 16.1. The Labute approximate surface area is 140 Å². The Hall–Kier alpha value is -2.87. The summed E-state index contributed by atoms with van der Waals surface area (Å²) in [6.07, 6.45) is 2.80. The number of hydrogen-bond donors (Lipinski definition) is 0. The van der Waals surface area contributed by atoms with E-state index >= 15 is 0 Å². The molecule has 0 N–H and O–H groups in total. The van der Waals surface area contributed by atoms with E-state index in [9.17, 15) is 14.9 Å². The summed E-state index contributed by atoms with van der Waals surface area (Å²) in [6, 6.07) is 9.69. The molecular formula is C19H19N3O2. The molecule has 1 aliphatic rings. The lowest BCUT2D eigenvalue weighted by atomic mass is 9.91. The quantitative estimate of drug-likeness (QED) is 0.814. The average molecular weight is 321 g/mol. The lowest BCUT2D eigenvalue weighted by molar-refractivity contribution is -0.118. The molecule has 1 saturated heterocycles. The van der Waals surface area contributed by atoms with Gasteiger partial charge in [-0.1, -0.05) is 24.8 Å². The van der Waals surface area contributed by atoms with Crippen LogP contribution in [0.25, 0.3) is 10.9 Å². The van der Waals surface area contributed by atoms with E-state index in [-0.39, 0.29) is 22.8 Å². The minimum Gasteiger partial charge on any atom is -0.370 e. The number of carbonyl (C=O) groups excluding carboxylic acids is 1. The molecule has 1 aliphatic heterocycles. The van der Waals surface area contributed by atoms with Crippen molar-refractivity contribution in [3.05, 3.63) is 52.8 Å². The Bertz CT molecular complexity index is 913. The van der Waals surface area contributed by atoms with E-state index in [4.69, 9.17) is 0 Å². The van der Waals surface area contributed by atoms with Crippen molar-refractivity contribution in [2.45, 2.75) is 12.8 Å². The highest BCUT2D eigenvalue weighted by Gasteiger charge is 2.27. The van der Waals surface area contributed by atoms with Gasteiger partial charge in [0.25, 0.3) is 5.56 Å². The van der Waals surface area contributed by atoms with Crippen LogP contribution in [0.1, 0.15) is 18.4 Å². The number of carbonyl (C=O) groups is 1. The van der Waals surface area contributed by atoms with Gasteiger partial charge in [-0.05, 0) is 25.0 Å². The van der Waals surface area contributed by atoms with Crippen LogP contribution in [-0.2, 0) is 11.8 Å². The first kappa shape index (κ1) is 16.0. The molecule has 2 aromatic rings. The van der Waals surface area contributed by atoms with Crippen molar-refractivity contribution in [2.24, 2.45) is 13.0 Å². The van der Waals surface area contributed by atoms with Crippen LogP contribution in [0.15, 0.2) is 41.7 Å². The highest BCUT2D eigenvalue weighted by molar-refractivity contribution is 5.95. The number of anilines is 1. The summed E-state index contributed by atoms with van der Waals surface area (Å²) in [7, 11) is 1.68. The highest BCUT2D eigenvalue weighted by Crippen LogP contribution is 2.31. The first-order valence-electron chi connectivity index (χ1n) is 8.01. The van der Waals surface area contributed by atoms with Crippen molar-refractivity contribution in [1.29, 1.82) is 5.26 Å². The van der Waals surface area contributed by atoms with E-state index in [0.717, 1.165) is 10.9 Å². The molecule has 0 aliphatic carbocycles. The van der Waals surface area contributed by atoms with E-state index < -0.39 is 0 Å². The van der Waals surface area contributed by atoms with Gasteiger partial charge in [0.1, 0.15) is 11.6 Å². The number of nitrogens with zero attached hydrogens (tertiary/aromatic N) is 3. The number of fused-ring (bicyclic) bond motifs is 1. The number of aromatic nitrogens is 1. The summed E-state index contributed by atoms with van der Waals surface area (Å²) < 4.78 is 1.52. The third-order valence-electron chi connectivity index (χ3n) is 4.80. The number of benzene rings is 1. The van der Waals surface area contributed by atoms with Crippen LogP contribution in [0, 0.1) is 17.2 Å². The summed E-state index contributed by atoms with van der Waals surface area (Å²) in [5.74, 6) is 0.0612. The Kier molecular flexibility index (Phi) is 4.22. The van der Waals surface area contributed by atoms with Crippen molar-refractivity contribution in [2.75, 3.05) is 18.0 Å². The Morgan fingerprint density at radius 1 is 1.33 bits per heavy atom. The minimum absolute atomic E-state index is 0.0119. The number of pyridine rings is 1. The van der Waals surface area contributed by atoms with E-state index in [2.05, 4.69) is 17.5 Å². The summed E-state index contributed by atoms with van der Waals surface area (Å²) in [5, 5.41) is 10.4. The molecule has 1 aromatic carbocycles. The molecule has 0 spiro atoms. The molecule has 5 heteroatoms. The average Bonchev–Trinajstić information content (AvgIpc) is 2.64. The molecule has 3 rings (SSSR count). The number of para-hydroxylation sites is 1. The maximum atomic E-state index is 12.5. The lowest BCUT2D eigenvalue weighted by Gasteiger charge is -2.34. The molecule has 0 atom stereocenters. The molecule has 0 saturated carbocycles. The van der Waals surface area contributed by atoms with Crippen LogP contribution >= 0.6 is 0 Å². The zero-order chi connectivity index (χ0) is 17.3. The van der Waals surface area contributed by atoms with E-state index in [1.165, 1.54) is 10.6 Å². The zero-order valence-electron chi connectivity index (χ0n) is 13.7. The van der Waals surface area contributed by atoms with Crippen LogP contribution in [0.5, 0.6) is 0 Å². The molecule has 5 nitrogen and oxygen atoms in total. The van der Waals surface area contributed by atoms with Gasteiger partial charge in [-0.15, -0.1) is 0 Å². The van der Waals surface area contributed by atoms with Gasteiger partial charge in [-0.3, -0.25) is 9.59 Å². The summed E-state index contributed by atoms with van der Waals surface area (Å²) in [4.78, 5) is 26.4. The Morgan fingerprint density at radius 3 is 2.62 bits per heavy atom. The van der Waals surface area contributed by atoms with Crippen LogP contribution in [-0.4, -0.2) is 23.4 Å². The van der Waals surface area contributed by atoms with E-state index in [1.807, 2.05) is 24.3 Å². The molecule has 0 bridgehead atoms. The van der Waals surface area contributed by atoms with Crippen LogP contribution in [0.3, 0.4) is 0 Å². The van der Waals surface area contributed by atoms with Gasteiger partial charge < -0.3 is 9.47 Å². The van der Waals surface area contributed by atoms with E-state index in [1.54, 1.807) is 7.05 Å². The van der Waals surface area contributed by atoms with Crippen molar-refractivity contribution in [3.63, 3.8) is 0 Å². The number of rotatable bonds is 3. The monoisotopic (exact) mass is 321 g/mol. The number of hydrogen-bond acceptors (Lipinski definition) is 4. The van der Waals surface area contributed by atoms with Crippen molar-refractivity contribution >= 4 is 22.4 Å². The Balaban J connectivity index is 2.09. The molecule has 0 unspecified atom stereocenters. The second-order valence-corrected chi connectivity index (χ2v) is 6.08. The third-order valence-corrected chi connectivity index (χ3v) is 4.80. The summed E-state index contributed by atoms with van der Waals surface area (Å²) in [5.41, 5.74) is 1.39. The number of ketones is 1. The SMILES string of the molecule is C=CC(=O)C1CCN(c2c(C#N)c(=O)n(C)c3ccccc23)CC1. The molecule has 2 heterocycles. The molecule has 122 valence electrons. The molecule has 1 fully saturated rings. The maximum absolute atomic E-state index is 12.5. The zero-order valence-corrected chi connectivity index (χ0v) is 13.7. The number of allylic oxidation sites excluding steroid dienone is 1. The van der Waals surface area contributed by atoms with Crippen LogP contribution in [0.2, 0.25) is 0 Å². The normalized spacial score (nSPS) is 15.2. The van der Waals surface area contributed by atoms with Crippen molar-refractivity contribution in [3.8, 4) is 6.07 Å². The lowest BCUT2D eigenvalue weighted by Crippen LogP contribution is -2.38. The third kappa shape index (κ3) is 2.50. The van der Waals surface area contributed by atoms with Gasteiger partial charge in [0.15, 0.2) is 5.78 Å². The fourth-order valence-electron chi connectivity index (χ4n) is 3.46. The second-order valence-electron chi connectivity index (χ2n) is 6.08. The van der Waals surface area contributed by atoms with Gasteiger partial charge in [-0.25, -0.2) is 0 Å². The largest absolute Gasteiger partial charge is 0.370 e. The number of aryl methyl sites for hydroxylation is 1. The van der Waals surface area contributed by atoms with E-state index in [0.29, 0.717) is 31.6 Å². The maximum Gasteiger partial charge on any atom is 0.270 e. The fraction of sp³-hybridized carbons (Fsp3) is 0.316. The molecule has 24 heavy (non-hydrogen) atoms. The predicted octanol–water partition coefficient (Wildman–Crippen LogP) is 2.38. The van der Waals surface area contributed by atoms with Crippen molar-refractivity contribution in [1.82, 2.24) is 4.57 Å². The first-order valence-corrected chi connectivity index (χ1v) is 8.01. The van der Waals surface area contributed by atoms with Gasteiger partial charge in [0.2, 0.25) is 0 Å². The first-order chi connectivity index (χ1) is 11.6. The van der Waals surface area contributed by atoms with Crippen LogP contribution < -0.4 is 10.5 Å². The standard InChI is InChI=1S/C19H19N3O2/c1-3-17(23)13-8-10-22(11-9-13)18-14-6-4-5-7-16(14)21(2)19(24)15(18)12-20/h3-7,13H,1,8-11H2,2H3. The topological polar surface area (TPSA) is 66.1 Å². The van der Waals surface area contributed by atoms with Gasteiger partial charge in [0.05, 0.1) is 11.2 Å². The Morgan fingerprint density at radius 2 is 2.00 bits per heavy atom. The second kappa shape index (κ2) is 6.32.